The van der Waals surface area contributed by atoms with Crippen LogP contribution in [-0.2, 0) is 28.7 Å². The molecule has 1 aromatic carbocycles. The summed E-state index contributed by atoms with van der Waals surface area (Å²) in [5.41, 5.74) is -0.0714. The second-order valence-corrected chi connectivity index (χ2v) is 15.1. The molecule has 4 aliphatic heterocycles. The molecular weight excluding hydrogens is 681 g/mol. The van der Waals surface area contributed by atoms with Crippen LogP contribution in [-0.4, -0.2) is 119 Å². The number of rotatable bonds is 7. The second-order valence-electron chi connectivity index (χ2n) is 13.8. The summed E-state index contributed by atoms with van der Waals surface area (Å²) in [7, 11) is 2.13. The van der Waals surface area contributed by atoms with Crippen molar-refractivity contribution in [2.75, 3.05) is 64.7 Å². The van der Waals surface area contributed by atoms with E-state index in [0.29, 0.717) is 51.6 Å². The zero-order chi connectivity index (χ0) is 34.9. The minimum atomic E-state index is -4.84. The fraction of sp³-hybridized carbons (Fsp3) is 0.618. The number of phenols is 1. The van der Waals surface area contributed by atoms with Crippen LogP contribution >= 0.6 is 22.9 Å². The van der Waals surface area contributed by atoms with Crippen molar-refractivity contribution in [2.24, 2.45) is 5.92 Å². The number of likely N-dealkylation sites (tertiary alicyclic amines) is 2. The lowest BCUT2D eigenvalue weighted by Gasteiger charge is -2.41. The number of carbonyl (C=O) groups excluding carboxylic acids is 3. The van der Waals surface area contributed by atoms with Gasteiger partial charge in [0, 0.05) is 63.3 Å². The van der Waals surface area contributed by atoms with Gasteiger partial charge in [-0.1, -0.05) is 11.6 Å². The van der Waals surface area contributed by atoms with Crippen molar-refractivity contribution in [3.63, 3.8) is 0 Å². The van der Waals surface area contributed by atoms with Crippen LogP contribution in [0.5, 0.6) is 5.75 Å². The lowest BCUT2D eigenvalue weighted by molar-refractivity contribution is -0.143. The summed E-state index contributed by atoms with van der Waals surface area (Å²) in [6.45, 7) is 6.40. The molecule has 0 spiro atoms. The smallest absolute Gasteiger partial charge is 0.420 e. The topological polar surface area (TPSA) is 99.7 Å². The molecule has 4 aliphatic rings. The zero-order valence-corrected chi connectivity index (χ0v) is 29.3. The van der Waals surface area contributed by atoms with E-state index in [-0.39, 0.29) is 42.3 Å². The molecule has 1 aromatic heterocycles. The van der Waals surface area contributed by atoms with Gasteiger partial charge in [0.2, 0.25) is 11.8 Å². The van der Waals surface area contributed by atoms with Crippen molar-refractivity contribution in [3.05, 3.63) is 45.3 Å². The summed E-state index contributed by atoms with van der Waals surface area (Å²) in [5, 5.41) is 15.3. The average molecular weight is 725 g/mol. The number of hydrogen-bond donors (Lipinski definition) is 2. The van der Waals surface area contributed by atoms with Gasteiger partial charge < -0.3 is 24.7 Å². The maximum atomic E-state index is 14.1. The number of hydrogen-bond acceptors (Lipinski definition) is 7. The number of fused-ring (bicyclic) bond motifs is 1. The largest absolute Gasteiger partial charge is 0.506 e. The van der Waals surface area contributed by atoms with E-state index in [4.69, 9.17) is 11.6 Å². The van der Waals surface area contributed by atoms with Gasteiger partial charge in [-0.25, -0.2) is 4.79 Å². The Balaban J connectivity index is 1.13. The molecule has 2 N–H and O–H groups in total. The fourth-order valence-electron chi connectivity index (χ4n) is 7.72. The number of anilines is 1. The highest BCUT2D eigenvalue weighted by molar-refractivity contribution is 7.14. The number of amides is 4. The first kappa shape index (κ1) is 35.7. The van der Waals surface area contributed by atoms with Crippen LogP contribution in [0.15, 0.2) is 23.6 Å². The van der Waals surface area contributed by atoms with Crippen molar-refractivity contribution in [3.8, 4) is 5.75 Å². The van der Waals surface area contributed by atoms with Crippen molar-refractivity contribution in [1.29, 1.82) is 0 Å². The molecule has 0 unspecified atom stereocenters. The standard InChI is InChI=1S/C34H44ClF3N6O4S/c1-40-8-2-9-41(15-14-40)25-3-12-43(13-4-25)32(47)24(17-22-18-27(34(36,37)38)30(46)28(35)19-22)20-29(45)42-10-5-26(6-11-42)44-21-23-7-16-49-31(23)39-33(44)48/h7,16,18-19,24-26,46H,2-6,8-15,17,20-21H2,1H3,(H,39,48)/t24-/m0/s1. The highest BCUT2D eigenvalue weighted by Gasteiger charge is 2.38. The highest BCUT2D eigenvalue weighted by Crippen LogP contribution is 2.41. The molecule has 0 bridgehead atoms. The number of thiophene rings is 1. The summed E-state index contributed by atoms with van der Waals surface area (Å²) < 4.78 is 41.2. The van der Waals surface area contributed by atoms with Gasteiger partial charge in [0.15, 0.2) is 0 Å². The number of halogens is 4. The summed E-state index contributed by atoms with van der Waals surface area (Å²) in [5.74, 6) is -2.46. The van der Waals surface area contributed by atoms with Crippen LogP contribution in [0.2, 0.25) is 5.02 Å². The number of phenolic OH excluding ortho intramolecular Hbond substituents is 1. The molecule has 5 heterocycles. The monoisotopic (exact) mass is 724 g/mol. The molecular formula is C34H44ClF3N6O4S. The number of urea groups is 1. The molecule has 3 saturated heterocycles. The maximum absolute atomic E-state index is 14.1. The van der Waals surface area contributed by atoms with Crippen LogP contribution < -0.4 is 5.32 Å². The van der Waals surface area contributed by atoms with Gasteiger partial charge in [-0.2, -0.15) is 13.2 Å². The Morgan fingerprint density at radius 3 is 2.41 bits per heavy atom. The fourth-order valence-corrected chi connectivity index (χ4v) is 8.76. The van der Waals surface area contributed by atoms with Gasteiger partial charge in [-0.15, -0.1) is 11.3 Å². The first-order chi connectivity index (χ1) is 23.4. The van der Waals surface area contributed by atoms with Gasteiger partial charge in [0.05, 0.1) is 23.0 Å². The lowest BCUT2D eigenvalue weighted by atomic mass is 9.91. The molecule has 2 aromatic rings. The summed E-state index contributed by atoms with van der Waals surface area (Å²) >= 11 is 7.51. The van der Waals surface area contributed by atoms with Crippen molar-refractivity contribution in [1.82, 2.24) is 24.5 Å². The number of nitrogens with one attached hydrogen (secondary N) is 1. The van der Waals surface area contributed by atoms with Crippen LogP contribution in [0.25, 0.3) is 0 Å². The second kappa shape index (κ2) is 15.0. The van der Waals surface area contributed by atoms with E-state index in [2.05, 4.69) is 22.2 Å². The normalized spacial score (nSPS) is 21.3. The summed E-state index contributed by atoms with van der Waals surface area (Å²) in [4.78, 5) is 50.7. The molecule has 0 aliphatic carbocycles. The van der Waals surface area contributed by atoms with Gasteiger partial charge in [-0.3, -0.25) is 19.8 Å². The number of piperidine rings is 2. The number of aromatic hydroxyl groups is 1. The van der Waals surface area contributed by atoms with Crippen LogP contribution in [0.1, 0.15) is 55.2 Å². The van der Waals surface area contributed by atoms with Crippen LogP contribution in [0.3, 0.4) is 0 Å². The van der Waals surface area contributed by atoms with Crippen molar-refractivity contribution in [2.45, 2.75) is 69.8 Å². The molecule has 49 heavy (non-hydrogen) atoms. The minimum Gasteiger partial charge on any atom is -0.506 e. The highest BCUT2D eigenvalue weighted by atomic mass is 35.5. The van der Waals surface area contributed by atoms with E-state index in [1.165, 1.54) is 17.4 Å². The first-order valence-corrected chi connectivity index (χ1v) is 18.3. The Labute approximate surface area is 293 Å². The number of alkyl halides is 3. The maximum Gasteiger partial charge on any atom is 0.420 e. The number of likely N-dealkylation sites (N-methyl/N-ethyl adjacent to an activating group) is 1. The molecule has 1 atom stereocenters. The number of nitrogens with zero attached hydrogens (tertiary/aromatic N) is 5. The SMILES string of the molecule is CN1CCCN(C2CCN(C(=O)[C@H](CC(=O)N3CCC(N4Cc5ccsc5NC4=O)CC3)Cc3cc(Cl)c(O)c(C(F)(F)F)c3)CC2)CC1. The Morgan fingerprint density at radius 1 is 1.00 bits per heavy atom. The molecule has 0 saturated carbocycles. The van der Waals surface area contributed by atoms with Crippen LogP contribution in [0.4, 0.5) is 23.0 Å². The molecule has 10 nitrogen and oxygen atoms in total. The summed E-state index contributed by atoms with van der Waals surface area (Å²) in [6.07, 6.45) is -1.28. The predicted molar refractivity (Wildman–Crippen MR) is 182 cm³/mol. The molecule has 15 heteroatoms. The summed E-state index contributed by atoms with van der Waals surface area (Å²) in [6, 6.07) is 4.23. The third-order valence-electron chi connectivity index (χ3n) is 10.6. The minimum absolute atomic E-state index is 0.0413. The van der Waals surface area contributed by atoms with Crippen molar-refractivity contribution < 1.29 is 32.7 Å². The van der Waals surface area contributed by atoms with Gasteiger partial charge >= 0.3 is 12.2 Å². The number of carbonyl (C=O) groups is 3. The van der Waals surface area contributed by atoms with E-state index < -0.39 is 28.4 Å². The molecule has 6 rings (SSSR count). The molecule has 4 amide bonds. The third kappa shape index (κ3) is 8.29. The third-order valence-corrected chi connectivity index (χ3v) is 11.7. The van der Waals surface area contributed by atoms with E-state index >= 15 is 0 Å². The molecule has 3 fully saturated rings. The Morgan fingerprint density at radius 2 is 1.69 bits per heavy atom. The van der Waals surface area contributed by atoms with E-state index in [0.717, 1.165) is 62.1 Å². The van der Waals surface area contributed by atoms with Gasteiger partial charge in [0.25, 0.3) is 0 Å². The van der Waals surface area contributed by atoms with Gasteiger partial charge in [0.1, 0.15) is 10.8 Å². The zero-order valence-electron chi connectivity index (χ0n) is 27.7. The average Bonchev–Trinajstić information content (AvgIpc) is 3.42. The van der Waals surface area contributed by atoms with Crippen molar-refractivity contribution >= 4 is 45.8 Å². The Hall–Kier alpha value is -3.07. The quantitative estimate of drug-likeness (QED) is 0.400. The predicted octanol–water partition coefficient (Wildman–Crippen LogP) is 5.34. The van der Waals surface area contributed by atoms with E-state index in [1.54, 1.807) is 9.80 Å². The molecule has 0 radical (unpaired) electrons. The molecule has 268 valence electrons. The Kier molecular flexibility index (Phi) is 11.0. The Bertz CT molecular complexity index is 1530. The number of benzene rings is 1. The first-order valence-electron chi connectivity index (χ1n) is 17.1. The van der Waals surface area contributed by atoms with Gasteiger partial charge in [-0.05, 0) is 87.8 Å². The lowest BCUT2D eigenvalue weighted by Crippen LogP contribution is -2.51. The van der Waals surface area contributed by atoms with E-state index in [9.17, 15) is 32.7 Å². The van der Waals surface area contributed by atoms with Crippen LogP contribution in [0, 0.1) is 5.92 Å². The van der Waals surface area contributed by atoms with E-state index in [1.807, 2.05) is 16.3 Å².